The van der Waals surface area contributed by atoms with Gasteiger partial charge in [0.15, 0.2) is 5.78 Å². The van der Waals surface area contributed by atoms with Gasteiger partial charge in [-0.1, -0.05) is 61.9 Å². The van der Waals surface area contributed by atoms with Crippen molar-refractivity contribution in [1.82, 2.24) is 0 Å². The minimum Gasteiger partial charge on any atom is -0.324 e. The van der Waals surface area contributed by atoms with Crippen LogP contribution in [-0.2, 0) is 0 Å². The highest BCUT2D eigenvalue weighted by molar-refractivity contribution is 6.09. The Morgan fingerprint density at radius 1 is 1.00 bits per heavy atom. The van der Waals surface area contributed by atoms with Crippen molar-refractivity contribution in [2.45, 2.75) is 26.8 Å². The van der Waals surface area contributed by atoms with Crippen molar-refractivity contribution in [3.63, 3.8) is 0 Å². The first kappa shape index (κ1) is 14.5. The van der Waals surface area contributed by atoms with E-state index < -0.39 is 0 Å². The molecular formula is C18H21NO. The topological polar surface area (TPSA) is 43.1 Å². The van der Waals surface area contributed by atoms with Crippen LogP contribution in [0.5, 0.6) is 0 Å². The summed E-state index contributed by atoms with van der Waals surface area (Å²) in [6, 6.07) is 15.3. The van der Waals surface area contributed by atoms with Crippen LogP contribution in [0.1, 0.15) is 46.9 Å². The predicted octanol–water partition coefficient (Wildman–Crippen LogP) is 3.88. The highest BCUT2D eigenvalue weighted by Crippen LogP contribution is 2.20. The minimum absolute atomic E-state index is 0.0121. The maximum Gasteiger partial charge on any atom is 0.193 e. The Morgan fingerprint density at radius 2 is 1.65 bits per heavy atom. The molecule has 0 fully saturated rings. The fourth-order valence-electron chi connectivity index (χ4n) is 2.19. The van der Waals surface area contributed by atoms with Gasteiger partial charge in [0.1, 0.15) is 0 Å². The molecule has 0 spiro atoms. The molecule has 0 aromatic heterocycles. The van der Waals surface area contributed by atoms with Crippen molar-refractivity contribution in [3.05, 3.63) is 70.8 Å². The quantitative estimate of drug-likeness (QED) is 0.854. The molecule has 0 bridgehead atoms. The van der Waals surface area contributed by atoms with E-state index in [1.807, 2.05) is 55.5 Å². The molecule has 2 rings (SSSR count). The first-order valence-corrected chi connectivity index (χ1v) is 6.96. The van der Waals surface area contributed by atoms with E-state index in [-0.39, 0.29) is 11.8 Å². The Bertz CT molecular complexity index is 599. The minimum atomic E-state index is 0.0121. The molecule has 0 saturated heterocycles. The molecule has 20 heavy (non-hydrogen) atoms. The zero-order valence-corrected chi connectivity index (χ0v) is 12.3. The Morgan fingerprint density at radius 3 is 2.20 bits per heavy atom. The fourth-order valence-corrected chi connectivity index (χ4v) is 2.19. The van der Waals surface area contributed by atoms with Crippen LogP contribution in [0.3, 0.4) is 0 Å². The molecule has 2 nitrogen and oxygen atoms in total. The third-order valence-electron chi connectivity index (χ3n) is 3.56. The summed E-state index contributed by atoms with van der Waals surface area (Å²) < 4.78 is 0. The standard InChI is InChI=1S/C18H21NO/c1-12(2)17(19)14-7-9-15(10-8-14)18(20)16-6-4-5-13(3)11-16/h4-12,17H,19H2,1-3H3. The number of carbonyl (C=O) groups excluding carboxylic acids is 1. The molecule has 2 aromatic carbocycles. The summed E-state index contributed by atoms with van der Waals surface area (Å²) >= 11 is 0. The number of benzene rings is 2. The monoisotopic (exact) mass is 267 g/mol. The number of hydrogen-bond donors (Lipinski definition) is 1. The Hall–Kier alpha value is -1.93. The van der Waals surface area contributed by atoms with Crippen molar-refractivity contribution >= 4 is 5.78 Å². The number of rotatable bonds is 4. The molecule has 0 heterocycles. The molecule has 0 aliphatic heterocycles. The Balaban J connectivity index is 2.24. The second kappa shape index (κ2) is 6.02. The van der Waals surface area contributed by atoms with Crippen molar-refractivity contribution in [2.24, 2.45) is 11.7 Å². The van der Waals surface area contributed by atoms with Gasteiger partial charge >= 0.3 is 0 Å². The number of hydrogen-bond acceptors (Lipinski definition) is 2. The van der Waals surface area contributed by atoms with Crippen molar-refractivity contribution in [2.75, 3.05) is 0 Å². The summed E-state index contributed by atoms with van der Waals surface area (Å²) in [6.07, 6.45) is 0. The van der Waals surface area contributed by atoms with Gasteiger partial charge in [-0.05, 0) is 24.5 Å². The molecule has 1 unspecified atom stereocenters. The van der Waals surface area contributed by atoms with Crippen LogP contribution in [0.15, 0.2) is 48.5 Å². The lowest BCUT2D eigenvalue weighted by Gasteiger charge is -2.16. The molecular weight excluding hydrogens is 246 g/mol. The number of aryl methyl sites for hydroxylation is 1. The van der Waals surface area contributed by atoms with Crippen LogP contribution in [-0.4, -0.2) is 5.78 Å². The average molecular weight is 267 g/mol. The summed E-state index contributed by atoms with van der Waals surface area (Å²) in [7, 11) is 0. The van der Waals surface area contributed by atoms with E-state index in [0.29, 0.717) is 11.5 Å². The fraction of sp³-hybridized carbons (Fsp3) is 0.278. The molecule has 104 valence electrons. The zero-order chi connectivity index (χ0) is 14.7. The molecule has 0 radical (unpaired) electrons. The van der Waals surface area contributed by atoms with Gasteiger partial charge in [-0.2, -0.15) is 0 Å². The number of ketones is 1. The van der Waals surface area contributed by atoms with Gasteiger partial charge in [-0.25, -0.2) is 0 Å². The second-order valence-corrected chi connectivity index (χ2v) is 5.59. The molecule has 0 aliphatic carbocycles. The lowest BCUT2D eigenvalue weighted by atomic mass is 9.94. The predicted molar refractivity (Wildman–Crippen MR) is 82.8 cm³/mol. The van der Waals surface area contributed by atoms with Crippen LogP contribution in [0, 0.1) is 12.8 Å². The van der Waals surface area contributed by atoms with E-state index in [1.54, 1.807) is 0 Å². The van der Waals surface area contributed by atoms with Crippen LogP contribution in [0.2, 0.25) is 0 Å². The number of nitrogens with two attached hydrogens (primary N) is 1. The van der Waals surface area contributed by atoms with Gasteiger partial charge in [0.2, 0.25) is 0 Å². The first-order chi connectivity index (χ1) is 9.49. The highest BCUT2D eigenvalue weighted by atomic mass is 16.1. The zero-order valence-electron chi connectivity index (χ0n) is 12.3. The molecule has 0 amide bonds. The van der Waals surface area contributed by atoms with Gasteiger partial charge in [0.25, 0.3) is 0 Å². The first-order valence-electron chi connectivity index (χ1n) is 6.96. The van der Waals surface area contributed by atoms with E-state index in [0.717, 1.165) is 16.7 Å². The van der Waals surface area contributed by atoms with Crippen molar-refractivity contribution < 1.29 is 4.79 Å². The summed E-state index contributed by atoms with van der Waals surface area (Å²) in [4.78, 5) is 12.4. The average Bonchev–Trinajstić information content (AvgIpc) is 2.46. The highest BCUT2D eigenvalue weighted by Gasteiger charge is 2.12. The lowest BCUT2D eigenvalue weighted by molar-refractivity contribution is 0.103. The van der Waals surface area contributed by atoms with Crippen molar-refractivity contribution in [3.8, 4) is 0 Å². The van der Waals surface area contributed by atoms with Gasteiger partial charge in [-0.15, -0.1) is 0 Å². The molecule has 2 N–H and O–H groups in total. The molecule has 0 aliphatic rings. The molecule has 2 aromatic rings. The Labute approximate surface area is 120 Å². The van der Waals surface area contributed by atoms with Crippen LogP contribution < -0.4 is 5.73 Å². The van der Waals surface area contributed by atoms with E-state index in [2.05, 4.69) is 13.8 Å². The van der Waals surface area contributed by atoms with E-state index in [1.165, 1.54) is 0 Å². The molecule has 2 heteroatoms. The largest absolute Gasteiger partial charge is 0.324 e. The van der Waals surface area contributed by atoms with Crippen LogP contribution in [0.4, 0.5) is 0 Å². The van der Waals surface area contributed by atoms with Crippen LogP contribution in [0.25, 0.3) is 0 Å². The normalized spacial score (nSPS) is 12.4. The summed E-state index contributed by atoms with van der Waals surface area (Å²) in [5.74, 6) is 0.437. The van der Waals surface area contributed by atoms with Crippen LogP contribution >= 0.6 is 0 Å². The van der Waals surface area contributed by atoms with E-state index in [4.69, 9.17) is 5.73 Å². The van der Waals surface area contributed by atoms with Crippen molar-refractivity contribution in [1.29, 1.82) is 0 Å². The molecule has 1 atom stereocenters. The van der Waals surface area contributed by atoms with E-state index in [9.17, 15) is 4.79 Å². The second-order valence-electron chi connectivity index (χ2n) is 5.59. The SMILES string of the molecule is Cc1cccc(C(=O)c2ccc(C(N)C(C)C)cc2)c1. The van der Waals surface area contributed by atoms with E-state index >= 15 is 0 Å². The summed E-state index contributed by atoms with van der Waals surface area (Å²) in [6.45, 7) is 6.18. The van der Waals surface area contributed by atoms with Gasteiger partial charge < -0.3 is 5.73 Å². The lowest BCUT2D eigenvalue weighted by Crippen LogP contribution is -2.16. The number of carbonyl (C=O) groups is 1. The van der Waals surface area contributed by atoms with Gasteiger partial charge in [0, 0.05) is 17.2 Å². The summed E-state index contributed by atoms with van der Waals surface area (Å²) in [5, 5.41) is 0. The summed E-state index contributed by atoms with van der Waals surface area (Å²) in [5.41, 5.74) is 9.70. The third kappa shape index (κ3) is 3.14. The maximum absolute atomic E-state index is 12.4. The molecule has 0 saturated carbocycles. The smallest absolute Gasteiger partial charge is 0.193 e. The van der Waals surface area contributed by atoms with Gasteiger partial charge in [-0.3, -0.25) is 4.79 Å². The van der Waals surface area contributed by atoms with Gasteiger partial charge in [0.05, 0.1) is 0 Å². The Kier molecular flexibility index (Phi) is 4.35. The maximum atomic E-state index is 12.4. The third-order valence-corrected chi connectivity index (χ3v) is 3.56.